The van der Waals surface area contributed by atoms with Gasteiger partial charge in [0.05, 0.1) is 6.20 Å². The zero-order valence-corrected chi connectivity index (χ0v) is 13.0. The largest absolute Gasteiger partial charge is 0.197 e. The molecule has 0 unspecified atom stereocenters. The molecule has 0 aliphatic rings. The summed E-state index contributed by atoms with van der Waals surface area (Å²) in [5.74, 6) is 0.896. The van der Waals surface area contributed by atoms with E-state index in [0.29, 0.717) is 0 Å². The van der Waals surface area contributed by atoms with E-state index in [1.54, 1.807) is 18.0 Å². The molecule has 0 radical (unpaired) electrons. The highest BCUT2D eigenvalue weighted by atomic mass is 79.9. The van der Waals surface area contributed by atoms with Gasteiger partial charge in [0.25, 0.3) is 0 Å². The van der Waals surface area contributed by atoms with Gasteiger partial charge >= 0.3 is 0 Å². The smallest absolute Gasteiger partial charge is 0.139 e. The third kappa shape index (κ3) is 3.29. The topological polar surface area (TPSA) is 41.6 Å². The van der Waals surface area contributed by atoms with Crippen molar-refractivity contribution < 1.29 is 0 Å². The van der Waals surface area contributed by atoms with Gasteiger partial charge in [-0.3, -0.25) is 0 Å². The Labute approximate surface area is 129 Å². The number of halogens is 1. The minimum absolute atomic E-state index is 0.896. The molecule has 0 fully saturated rings. The van der Waals surface area contributed by atoms with Crippen molar-refractivity contribution >= 4 is 27.7 Å². The molecular formula is C15H12BrN3S. The van der Waals surface area contributed by atoms with Crippen molar-refractivity contribution in [3.8, 4) is 11.1 Å². The molecule has 0 atom stereocenters. The molecule has 3 aromatic rings. The maximum atomic E-state index is 4.03. The Bertz CT molecular complexity index is 663. The van der Waals surface area contributed by atoms with Crippen molar-refractivity contribution in [1.29, 1.82) is 0 Å². The van der Waals surface area contributed by atoms with Crippen LogP contribution < -0.4 is 0 Å². The molecule has 0 saturated carbocycles. The molecule has 0 amide bonds. The average Bonchev–Trinajstić information content (AvgIpc) is 3.00. The first-order chi connectivity index (χ1) is 9.81. The zero-order valence-electron chi connectivity index (χ0n) is 10.6. The molecule has 0 aliphatic carbocycles. The molecule has 2 aromatic carbocycles. The maximum Gasteiger partial charge on any atom is 0.139 e. The van der Waals surface area contributed by atoms with Crippen molar-refractivity contribution in [2.75, 3.05) is 0 Å². The van der Waals surface area contributed by atoms with Gasteiger partial charge < -0.3 is 0 Å². The van der Waals surface area contributed by atoms with Gasteiger partial charge in [-0.2, -0.15) is 10.3 Å². The van der Waals surface area contributed by atoms with Gasteiger partial charge in [0.2, 0.25) is 0 Å². The van der Waals surface area contributed by atoms with E-state index < -0.39 is 0 Å². The predicted octanol–water partition coefficient (Wildman–Crippen LogP) is 4.53. The first kappa shape index (κ1) is 13.4. The Morgan fingerprint density at radius 1 is 0.950 bits per heavy atom. The standard InChI is InChI=1S/C15H12BrN3S/c16-14-7-5-13(6-8-14)12-3-1-11(2-4-12)10-20-15-9-17-19-18-15/h1-9H,10H2,(H,17,18,19). The highest BCUT2D eigenvalue weighted by Gasteiger charge is 2.01. The fraction of sp³-hybridized carbons (Fsp3) is 0.0667. The van der Waals surface area contributed by atoms with Gasteiger partial charge in [-0.05, 0) is 28.8 Å². The normalized spacial score (nSPS) is 10.7. The quantitative estimate of drug-likeness (QED) is 0.706. The van der Waals surface area contributed by atoms with Gasteiger partial charge in [0, 0.05) is 10.2 Å². The molecular weight excluding hydrogens is 334 g/mol. The average molecular weight is 346 g/mol. The Balaban J connectivity index is 1.69. The lowest BCUT2D eigenvalue weighted by atomic mass is 10.0. The number of thioether (sulfide) groups is 1. The zero-order chi connectivity index (χ0) is 13.8. The molecule has 1 aromatic heterocycles. The van der Waals surface area contributed by atoms with Gasteiger partial charge in [0.1, 0.15) is 5.03 Å². The summed E-state index contributed by atoms with van der Waals surface area (Å²) >= 11 is 5.13. The number of H-pyrrole nitrogens is 1. The Morgan fingerprint density at radius 2 is 1.60 bits per heavy atom. The van der Waals surface area contributed by atoms with Crippen molar-refractivity contribution in [1.82, 2.24) is 15.4 Å². The Hall–Kier alpha value is -1.59. The molecule has 20 heavy (non-hydrogen) atoms. The fourth-order valence-electron chi connectivity index (χ4n) is 1.85. The summed E-state index contributed by atoms with van der Waals surface area (Å²) in [7, 11) is 0. The van der Waals surface area contributed by atoms with Crippen LogP contribution in [-0.4, -0.2) is 15.4 Å². The summed E-state index contributed by atoms with van der Waals surface area (Å²) in [5.41, 5.74) is 3.73. The van der Waals surface area contributed by atoms with Crippen molar-refractivity contribution in [3.63, 3.8) is 0 Å². The summed E-state index contributed by atoms with van der Waals surface area (Å²) in [6.45, 7) is 0. The molecule has 3 rings (SSSR count). The Morgan fingerprint density at radius 3 is 2.20 bits per heavy atom. The SMILES string of the molecule is Brc1ccc(-c2ccc(CSc3cn[nH]n3)cc2)cc1. The van der Waals surface area contributed by atoms with E-state index in [4.69, 9.17) is 0 Å². The molecule has 1 heterocycles. The number of aromatic nitrogens is 3. The lowest BCUT2D eigenvalue weighted by Gasteiger charge is -2.04. The lowest BCUT2D eigenvalue weighted by molar-refractivity contribution is 0.911. The second kappa shape index (κ2) is 6.24. The van der Waals surface area contributed by atoms with E-state index in [1.807, 2.05) is 0 Å². The Kier molecular flexibility index (Phi) is 4.18. The fourth-order valence-corrected chi connectivity index (χ4v) is 2.86. The number of nitrogens with one attached hydrogen (secondary N) is 1. The van der Waals surface area contributed by atoms with E-state index in [0.717, 1.165) is 15.3 Å². The molecule has 3 nitrogen and oxygen atoms in total. The molecule has 100 valence electrons. The van der Waals surface area contributed by atoms with Gasteiger partial charge in [-0.15, -0.1) is 5.10 Å². The monoisotopic (exact) mass is 345 g/mol. The maximum absolute atomic E-state index is 4.03. The number of benzene rings is 2. The van der Waals surface area contributed by atoms with E-state index in [2.05, 4.69) is 79.9 Å². The number of rotatable bonds is 4. The summed E-state index contributed by atoms with van der Waals surface area (Å²) in [6, 6.07) is 17.0. The van der Waals surface area contributed by atoms with Crippen LogP contribution in [0.5, 0.6) is 0 Å². The summed E-state index contributed by atoms with van der Waals surface area (Å²) in [6.07, 6.45) is 1.74. The molecule has 0 aliphatic heterocycles. The van der Waals surface area contributed by atoms with E-state index in [9.17, 15) is 0 Å². The van der Waals surface area contributed by atoms with Crippen LogP contribution in [0.3, 0.4) is 0 Å². The predicted molar refractivity (Wildman–Crippen MR) is 85.5 cm³/mol. The van der Waals surface area contributed by atoms with E-state index >= 15 is 0 Å². The number of hydrogen-bond acceptors (Lipinski definition) is 3. The van der Waals surface area contributed by atoms with Crippen LogP contribution >= 0.6 is 27.7 Å². The highest BCUT2D eigenvalue weighted by molar-refractivity contribution is 9.10. The van der Waals surface area contributed by atoms with Crippen LogP contribution in [0.4, 0.5) is 0 Å². The second-order valence-electron chi connectivity index (χ2n) is 4.30. The van der Waals surface area contributed by atoms with Gasteiger partial charge in [-0.1, -0.05) is 64.1 Å². The number of nitrogens with zero attached hydrogens (tertiary/aromatic N) is 2. The lowest BCUT2D eigenvalue weighted by Crippen LogP contribution is -1.83. The summed E-state index contributed by atoms with van der Waals surface area (Å²) in [4.78, 5) is 0. The van der Waals surface area contributed by atoms with Crippen LogP contribution in [0.15, 0.2) is 64.2 Å². The molecule has 0 spiro atoms. The van der Waals surface area contributed by atoms with Crippen LogP contribution in [0, 0.1) is 0 Å². The van der Waals surface area contributed by atoms with Gasteiger partial charge in [-0.25, -0.2) is 0 Å². The van der Waals surface area contributed by atoms with Crippen LogP contribution in [0.2, 0.25) is 0 Å². The minimum atomic E-state index is 0.896. The minimum Gasteiger partial charge on any atom is -0.197 e. The first-order valence-electron chi connectivity index (χ1n) is 6.15. The van der Waals surface area contributed by atoms with Gasteiger partial charge in [0.15, 0.2) is 0 Å². The number of hydrogen-bond donors (Lipinski definition) is 1. The first-order valence-corrected chi connectivity index (χ1v) is 7.92. The second-order valence-corrected chi connectivity index (χ2v) is 6.21. The summed E-state index contributed by atoms with van der Waals surface area (Å²) < 4.78 is 1.10. The van der Waals surface area contributed by atoms with E-state index in [-0.39, 0.29) is 0 Å². The van der Waals surface area contributed by atoms with Crippen molar-refractivity contribution in [2.45, 2.75) is 10.8 Å². The van der Waals surface area contributed by atoms with Crippen LogP contribution in [0.1, 0.15) is 5.56 Å². The molecule has 0 bridgehead atoms. The number of aromatic amines is 1. The molecule has 0 saturated heterocycles. The highest BCUT2D eigenvalue weighted by Crippen LogP contribution is 2.24. The van der Waals surface area contributed by atoms with Crippen LogP contribution in [-0.2, 0) is 5.75 Å². The van der Waals surface area contributed by atoms with Crippen LogP contribution in [0.25, 0.3) is 11.1 Å². The van der Waals surface area contributed by atoms with E-state index in [1.165, 1.54) is 16.7 Å². The third-order valence-electron chi connectivity index (χ3n) is 2.91. The van der Waals surface area contributed by atoms with Crippen molar-refractivity contribution in [2.24, 2.45) is 0 Å². The third-order valence-corrected chi connectivity index (χ3v) is 4.41. The molecule has 5 heteroatoms. The molecule has 1 N–H and O–H groups in total. The summed E-state index contributed by atoms with van der Waals surface area (Å²) in [5, 5.41) is 11.4. The van der Waals surface area contributed by atoms with Crippen molar-refractivity contribution in [3.05, 3.63) is 64.8 Å².